The summed E-state index contributed by atoms with van der Waals surface area (Å²) in [6.45, 7) is 18.9. The van der Waals surface area contributed by atoms with Gasteiger partial charge in [-0.05, 0) is 41.6 Å². The summed E-state index contributed by atoms with van der Waals surface area (Å²) >= 11 is 4.10. The quantitative estimate of drug-likeness (QED) is 0.0513. The largest absolute Gasteiger partial charge is 0.507 e. The van der Waals surface area contributed by atoms with E-state index in [0.717, 1.165) is 17.7 Å². The number of aromatic hydroxyl groups is 1. The molecule has 1 aromatic rings. The molecule has 0 aliphatic carbocycles. The number of benzene rings is 1. The first-order valence-electron chi connectivity index (χ1n) is 25.4. The number of phenolic OH excluding ortho intramolecular Hbond substituents is 1. The Morgan fingerprint density at radius 3 is 1.14 bits per heavy atom. The van der Waals surface area contributed by atoms with E-state index in [2.05, 4.69) is 94.2 Å². The minimum absolute atomic E-state index is 0.141. The van der Waals surface area contributed by atoms with Gasteiger partial charge < -0.3 is 5.11 Å². The molecule has 2 rings (SSSR count). The number of hydrazine groups is 2. The second-order valence-corrected chi connectivity index (χ2v) is 22.6. The van der Waals surface area contributed by atoms with Crippen molar-refractivity contribution >= 4 is 29.4 Å². The van der Waals surface area contributed by atoms with Gasteiger partial charge in [-0.25, -0.2) is 0 Å². The summed E-state index contributed by atoms with van der Waals surface area (Å²) < 4.78 is 2.40. The van der Waals surface area contributed by atoms with Gasteiger partial charge >= 0.3 is 0 Å². The Kier molecular flexibility index (Phi) is 30.5. The molecule has 1 aliphatic heterocycles. The van der Waals surface area contributed by atoms with E-state index >= 15 is 0 Å². The zero-order valence-electron chi connectivity index (χ0n) is 40.1. The van der Waals surface area contributed by atoms with Crippen molar-refractivity contribution in [3.8, 4) is 5.75 Å². The van der Waals surface area contributed by atoms with E-state index in [0.29, 0.717) is 11.1 Å². The Balaban J connectivity index is 1.73. The first-order valence-corrected chi connectivity index (χ1v) is 27.4. The highest BCUT2D eigenvalue weighted by Crippen LogP contribution is 2.43. The van der Waals surface area contributed by atoms with Crippen molar-refractivity contribution in [2.24, 2.45) is 0 Å². The molecule has 340 valence electrons. The molecule has 0 spiro atoms. The average Bonchev–Trinajstić information content (AvgIpc) is 3.59. The molecule has 1 heterocycles. The Labute approximate surface area is 371 Å². The highest BCUT2D eigenvalue weighted by atomic mass is 32.2. The lowest BCUT2D eigenvalue weighted by molar-refractivity contribution is 0.421. The van der Waals surface area contributed by atoms with Crippen molar-refractivity contribution in [3.63, 3.8) is 0 Å². The third kappa shape index (κ3) is 24.8. The first kappa shape index (κ1) is 53.6. The van der Waals surface area contributed by atoms with E-state index in [4.69, 9.17) is 0 Å². The van der Waals surface area contributed by atoms with Gasteiger partial charge in [-0.2, -0.15) is 9.95 Å². The van der Waals surface area contributed by atoms with Crippen LogP contribution in [0, 0.1) is 0 Å². The standard InChI is InChI=1S/C52H99N3OS2/c1-9-11-13-15-17-19-21-23-25-27-29-31-33-35-37-39-41-57-49-45-54(53-55(49)46-43-47(51(3,4)5)50(56)48(44-46)52(6,7)8)58-42-40-38-36-34-32-30-28-26-24-22-20-18-16-14-12-10-2/h43-44,49,53,56H,9-42,45H2,1-8H3. The van der Waals surface area contributed by atoms with Crippen LogP contribution < -0.4 is 10.5 Å². The van der Waals surface area contributed by atoms with Crippen LogP contribution in [0.15, 0.2) is 12.1 Å². The van der Waals surface area contributed by atoms with Crippen molar-refractivity contribution in [1.82, 2.24) is 9.95 Å². The fourth-order valence-corrected chi connectivity index (χ4v) is 10.7. The molecule has 0 bridgehead atoms. The summed E-state index contributed by atoms with van der Waals surface area (Å²) in [4.78, 5) is 0. The normalized spacial score (nSPS) is 15.3. The highest BCUT2D eigenvalue weighted by molar-refractivity contribution is 8.00. The van der Waals surface area contributed by atoms with E-state index in [-0.39, 0.29) is 10.8 Å². The lowest BCUT2D eigenvalue weighted by Gasteiger charge is -2.32. The van der Waals surface area contributed by atoms with Crippen LogP contribution in [0.4, 0.5) is 5.69 Å². The molecule has 4 nitrogen and oxygen atoms in total. The SMILES string of the molecule is CCCCCCCCCCCCCCCCCCSC1CN(SCCCCCCCCCCCCCCCCCC)NN1c1cc(C(C)(C)C)c(O)c(C(C)(C)C)c1. The van der Waals surface area contributed by atoms with Crippen LogP contribution in [0.5, 0.6) is 5.75 Å². The number of phenols is 1. The number of anilines is 1. The van der Waals surface area contributed by atoms with Crippen molar-refractivity contribution in [3.05, 3.63) is 23.3 Å². The molecule has 58 heavy (non-hydrogen) atoms. The minimum Gasteiger partial charge on any atom is -0.507 e. The second-order valence-electron chi connectivity index (χ2n) is 20.2. The molecule has 1 unspecified atom stereocenters. The monoisotopic (exact) mass is 846 g/mol. The van der Waals surface area contributed by atoms with Crippen LogP contribution in [-0.4, -0.2) is 32.9 Å². The highest BCUT2D eigenvalue weighted by Gasteiger charge is 2.34. The van der Waals surface area contributed by atoms with Gasteiger partial charge in [-0.3, -0.25) is 5.01 Å². The third-order valence-corrected chi connectivity index (χ3v) is 14.7. The van der Waals surface area contributed by atoms with E-state index < -0.39 is 0 Å². The van der Waals surface area contributed by atoms with Gasteiger partial charge in [0.1, 0.15) is 11.1 Å². The van der Waals surface area contributed by atoms with Crippen molar-refractivity contribution < 1.29 is 5.11 Å². The molecule has 1 atom stereocenters. The van der Waals surface area contributed by atoms with Gasteiger partial charge in [0.05, 0.1) is 12.2 Å². The van der Waals surface area contributed by atoms with Crippen LogP contribution in [0.1, 0.15) is 272 Å². The Bertz CT molecular complexity index is 1080. The number of nitrogens with zero attached hydrogens (tertiary/aromatic N) is 2. The number of rotatable bonds is 37. The number of hydrogen-bond acceptors (Lipinski definition) is 6. The van der Waals surface area contributed by atoms with E-state index in [9.17, 15) is 5.11 Å². The van der Waals surface area contributed by atoms with Crippen LogP contribution >= 0.6 is 23.7 Å². The zero-order valence-corrected chi connectivity index (χ0v) is 41.8. The van der Waals surface area contributed by atoms with Gasteiger partial charge in [0.15, 0.2) is 0 Å². The van der Waals surface area contributed by atoms with Crippen LogP contribution in [0.3, 0.4) is 0 Å². The molecule has 0 amide bonds. The topological polar surface area (TPSA) is 38.7 Å². The maximum atomic E-state index is 11.5. The number of hydrogen-bond donors (Lipinski definition) is 2. The zero-order chi connectivity index (χ0) is 42.3. The molecule has 1 aromatic carbocycles. The Morgan fingerprint density at radius 1 is 0.500 bits per heavy atom. The van der Waals surface area contributed by atoms with E-state index in [1.54, 1.807) is 0 Å². The number of unbranched alkanes of at least 4 members (excludes halogenated alkanes) is 30. The minimum atomic E-state index is -0.141. The fraction of sp³-hybridized carbons (Fsp3) is 0.885. The summed E-state index contributed by atoms with van der Waals surface area (Å²) in [6, 6.07) is 4.51. The summed E-state index contributed by atoms with van der Waals surface area (Å²) in [5, 5.41) is 14.2. The second kappa shape index (κ2) is 33.1. The van der Waals surface area contributed by atoms with Gasteiger partial charge in [-0.1, -0.05) is 260 Å². The molecule has 0 radical (unpaired) electrons. The van der Waals surface area contributed by atoms with Crippen LogP contribution in [0.2, 0.25) is 0 Å². The number of thioether (sulfide) groups is 1. The molecule has 1 fully saturated rings. The maximum absolute atomic E-state index is 11.5. The van der Waals surface area contributed by atoms with Gasteiger partial charge in [-0.15, -0.1) is 11.8 Å². The summed E-state index contributed by atoms with van der Waals surface area (Å²) in [6.07, 6.45) is 45.3. The lowest BCUT2D eigenvalue weighted by atomic mass is 9.79. The third-order valence-electron chi connectivity index (χ3n) is 12.4. The smallest absolute Gasteiger partial charge is 0.123 e. The first-order chi connectivity index (χ1) is 28.0. The molecule has 2 N–H and O–H groups in total. The number of nitrogens with one attached hydrogen (secondary N) is 1. The Morgan fingerprint density at radius 2 is 0.810 bits per heavy atom. The average molecular weight is 847 g/mol. The maximum Gasteiger partial charge on any atom is 0.123 e. The van der Waals surface area contributed by atoms with E-state index in [1.807, 2.05) is 11.9 Å². The predicted molar refractivity (Wildman–Crippen MR) is 266 cm³/mol. The molecule has 0 saturated carbocycles. The van der Waals surface area contributed by atoms with Crippen molar-refractivity contribution in [2.75, 3.05) is 23.1 Å². The molecular formula is C52H99N3OS2. The van der Waals surface area contributed by atoms with Gasteiger partial charge in [0.25, 0.3) is 0 Å². The van der Waals surface area contributed by atoms with E-state index in [1.165, 1.54) is 223 Å². The molecular weight excluding hydrogens is 747 g/mol. The lowest BCUT2D eigenvalue weighted by Crippen LogP contribution is -2.39. The summed E-state index contributed by atoms with van der Waals surface area (Å²) in [5.41, 5.74) is 6.80. The van der Waals surface area contributed by atoms with Crippen molar-refractivity contribution in [2.45, 2.75) is 277 Å². The predicted octanol–water partition coefficient (Wildman–Crippen LogP) is 17.8. The van der Waals surface area contributed by atoms with Crippen LogP contribution in [0.25, 0.3) is 0 Å². The van der Waals surface area contributed by atoms with Crippen molar-refractivity contribution in [1.29, 1.82) is 0 Å². The Hall–Kier alpha value is -0.560. The van der Waals surface area contributed by atoms with Gasteiger partial charge in [0.2, 0.25) is 0 Å². The summed E-state index contributed by atoms with van der Waals surface area (Å²) in [7, 11) is 0. The molecule has 6 heteroatoms. The van der Waals surface area contributed by atoms with Crippen LogP contribution in [-0.2, 0) is 10.8 Å². The fourth-order valence-electron chi connectivity index (χ4n) is 8.48. The van der Waals surface area contributed by atoms with Gasteiger partial charge in [0, 0.05) is 16.9 Å². The summed E-state index contributed by atoms with van der Waals surface area (Å²) in [5.74, 6) is 2.84. The molecule has 1 saturated heterocycles. The molecule has 0 aromatic heterocycles. The molecule has 1 aliphatic rings.